The number of carbonyl (C=O) groups excluding carboxylic acids is 4. The van der Waals surface area contributed by atoms with Crippen molar-refractivity contribution in [1.82, 2.24) is 21.3 Å². The maximum absolute atomic E-state index is 12.3. The van der Waals surface area contributed by atoms with Gasteiger partial charge in [-0.15, -0.1) is 0 Å². The van der Waals surface area contributed by atoms with Crippen molar-refractivity contribution in [2.45, 2.75) is 341 Å². The molecule has 0 heterocycles. The number of carbonyl (C=O) groups is 8. The van der Waals surface area contributed by atoms with Gasteiger partial charge in [0, 0.05) is 7.05 Å². The molecular weight excluding hydrogens is 1690 g/mol. The lowest BCUT2D eigenvalue weighted by atomic mass is 9.73. The standard InChI is InChI=1S/C28H43NO6.C26H39NO6.2C25H37NO6/c1-4-5-6-9-20(30)11-12-21-22-13-18-8-7-10-25(23(18)14-19(22)15-24(21)31)35-16-26(32)29-27(17(2)3)28(33)34;1-3-4-5-8-19(28)10-11-20-21-12-17-7-6-9-24(22(17)13-18(21)14-23(20)29)33-15-25(30)27-16(2)26(31)32;1-3-4-5-8-18(32-25(30)26-2)10-11-19-20-12-16-7-6-9-23(31-15-24(28)29)21(16)13-17(20)14-22(19)27;1-2-3-4-7-18(27)9-10-19-20-11-16-6-5-8-23(21(16)12-17(20)13-22(19)28)32-15-24(29)26-14-25(30)31/h7-8,10,17,19-22,24,27,30-31H,4-6,9,11-16H2,1-3H3,(H,29,32)(H,33,34);6-7,9,16,18-21,23,28-29H,3-5,8,10-15H2,1-2H3,(H,27,30)(H,31,32);6-7,9,17-20,22,27H,3-5,8,10-15H2,1-2H3,(H,26,30)(H,28,29);5-6,8,17-20,22,27-28H,2-4,7,9-15H2,1H3,(H,26,29)(H,30,31)/t19-,20-,21+,22-,24+,27-;16-,18-,19-,20+,21-,23+;2*17-,18-,19+,20-,22+/m0000/s1. The molecule has 0 radical (unpaired) electrons. The van der Waals surface area contributed by atoms with Crippen molar-refractivity contribution in [3.8, 4) is 23.0 Å². The van der Waals surface area contributed by atoms with Gasteiger partial charge in [-0.2, -0.15) is 0 Å². The second-order valence-corrected chi connectivity index (χ2v) is 39.3. The normalized spacial score (nSPS) is 25.1. The van der Waals surface area contributed by atoms with Crippen LogP contribution in [0.25, 0.3) is 0 Å². The summed E-state index contributed by atoms with van der Waals surface area (Å²) in [6.45, 7) is 12.1. The monoisotopic (exact) mass is 1850 g/mol. The van der Waals surface area contributed by atoms with E-state index in [1.165, 1.54) is 29.2 Å². The van der Waals surface area contributed by atoms with Gasteiger partial charge in [-0.3, -0.25) is 24.0 Å². The molecule has 132 heavy (non-hydrogen) atoms. The second-order valence-electron chi connectivity index (χ2n) is 39.3. The summed E-state index contributed by atoms with van der Waals surface area (Å²) in [5.74, 6) is 0.599. The van der Waals surface area contributed by atoms with Gasteiger partial charge in [0.1, 0.15) is 47.7 Å². The Morgan fingerprint density at radius 3 is 1.00 bits per heavy atom. The van der Waals surface area contributed by atoms with E-state index in [9.17, 15) is 79.2 Å². The van der Waals surface area contributed by atoms with Gasteiger partial charge in [-0.25, -0.2) is 14.4 Å². The SMILES string of the molecule is CCCCC[C@@H](CC[C@@H]1[C@H]2Cc3cccc(OCC(=O)O)c3C[C@H]2C[C@H]1O)OC(=O)NC.CCCCC[C@H](O)CC[C@@H]1[C@H]2Cc3cccc(OCC(=O)NCC(=O)O)c3C[C@H]2C[C@H]1O.CCCCC[C@H](O)CC[C@@H]1[C@H]2Cc3cccc(OCC(=O)N[C@@H](C)C(=O)O)c3C[C@H]2C[C@H]1O.CCCCC[C@H](O)CC[C@@H]1[C@H]2Cc3cccc(OCC(=O)N[C@H](C(=O)O)C(C)C)c3C[C@H]2C[C@H]1O. The van der Waals surface area contributed by atoms with Crippen LogP contribution in [0.15, 0.2) is 72.8 Å². The van der Waals surface area contributed by atoms with E-state index in [0.717, 1.165) is 253 Å². The summed E-state index contributed by atoms with van der Waals surface area (Å²) in [5, 5.41) is 120. The van der Waals surface area contributed by atoms with E-state index < -0.39 is 66.3 Å². The van der Waals surface area contributed by atoms with Gasteiger partial charge >= 0.3 is 30.0 Å². The number of hydrogen-bond acceptors (Lipinski definition) is 20. The Balaban J connectivity index is 0.000000198. The minimum absolute atomic E-state index is 0.125. The highest BCUT2D eigenvalue weighted by Crippen LogP contribution is 2.53. The highest BCUT2D eigenvalue weighted by Gasteiger charge is 2.50. The van der Waals surface area contributed by atoms with Crippen molar-refractivity contribution in [1.29, 1.82) is 0 Å². The van der Waals surface area contributed by atoms with Crippen LogP contribution >= 0.6 is 0 Å². The summed E-state index contributed by atoms with van der Waals surface area (Å²) in [6.07, 6.45) is 30.0. The third-order valence-electron chi connectivity index (χ3n) is 29.6. The number of alkyl carbamates (subject to hydrolysis) is 1. The number of nitrogens with one attached hydrogen (secondary N) is 4. The second kappa shape index (κ2) is 54.2. The molecular formula is C104H156N4O24. The van der Waals surface area contributed by atoms with Crippen molar-refractivity contribution in [2.75, 3.05) is 40.0 Å². The molecule has 4 saturated carbocycles. The Morgan fingerprint density at radius 1 is 0.379 bits per heavy atom. The fourth-order valence-electron chi connectivity index (χ4n) is 22.6. The number of amides is 4. The van der Waals surface area contributed by atoms with Gasteiger partial charge < -0.3 is 101 Å². The van der Waals surface area contributed by atoms with Crippen LogP contribution in [-0.4, -0.2) is 205 Å². The smallest absolute Gasteiger partial charge is 0.407 e. The zero-order valence-electron chi connectivity index (χ0n) is 79.4. The first-order valence-corrected chi connectivity index (χ1v) is 49.7. The molecule has 4 amide bonds. The van der Waals surface area contributed by atoms with Gasteiger partial charge in [-0.1, -0.05) is 161 Å². The number of hydrogen-bond donors (Lipinski definition) is 15. The molecule has 0 saturated heterocycles. The molecule has 4 aromatic carbocycles. The molecule has 4 aromatic rings. The molecule has 0 unspecified atom stereocenters. The van der Waals surface area contributed by atoms with Gasteiger partial charge in [0.25, 0.3) is 17.7 Å². The first kappa shape index (κ1) is 107. The Kier molecular flexibility index (Phi) is 43.9. The number of unbranched alkanes of at least 4 members (excludes halogenated alkanes) is 8. The van der Waals surface area contributed by atoms with Crippen molar-refractivity contribution in [3.63, 3.8) is 0 Å². The van der Waals surface area contributed by atoms with E-state index >= 15 is 0 Å². The third-order valence-corrected chi connectivity index (χ3v) is 29.6. The lowest BCUT2D eigenvalue weighted by Crippen LogP contribution is -2.46. The number of ether oxygens (including phenoxy) is 5. The van der Waals surface area contributed by atoms with Crippen LogP contribution in [0.3, 0.4) is 0 Å². The number of aliphatic hydroxyl groups excluding tert-OH is 7. The number of aliphatic hydroxyl groups is 7. The summed E-state index contributed by atoms with van der Waals surface area (Å²) < 4.78 is 28.5. The number of fused-ring (bicyclic) bond motifs is 8. The Morgan fingerprint density at radius 2 is 0.697 bits per heavy atom. The molecule has 0 spiro atoms. The van der Waals surface area contributed by atoms with Crippen molar-refractivity contribution in [3.05, 3.63) is 117 Å². The van der Waals surface area contributed by atoms with Crippen molar-refractivity contribution in [2.24, 2.45) is 76.9 Å². The molecule has 0 aromatic heterocycles. The van der Waals surface area contributed by atoms with E-state index in [-0.39, 0.29) is 105 Å². The summed E-state index contributed by atoms with van der Waals surface area (Å²) in [6, 6.07) is 21.5. The fourth-order valence-corrected chi connectivity index (χ4v) is 22.6. The van der Waals surface area contributed by atoms with Gasteiger partial charge in [0.15, 0.2) is 26.4 Å². The minimum Gasteiger partial charge on any atom is -0.483 e. The van der Waals surface area contributed by atoms with E-state index in [1.54, 1.807) is 20.9 Å². The topological polar surface area (TPSA) is 453 Å². The zero-order chi connectivity index (χ0) is 95.7. The van der Waals surface area contributed by atoms with Crippen molar-refractivity contribution < 1.29 is 118 Å². The molecule has 28 heteroatoms. The summed E-state index contributed by atoms with van der Waals surface area (Å²) in [4.78, 5) is 91.7. The fraction of sp³-hybridized carbons (Fsp3) is 0.692. The van der Waals surface area contributed by atoms with Crippen molar-refractivity contribution >= 4 is 47.7 Å². The molecule has 12 rings (SSSR count). The minimum atomic E-state index is -1.09. The third kappa shape index (κ3) is 32.0. The first-order chi connectivity index (χ1) is 63.3. The molecule has 15 N–H and O–H groups in total. The van der Waals surface area contributed by atoms with E-state index in [1.807, 2.05) is 48.5 Å². The number of carboxylic acids is 4. The van der Waals surface area contributed by atoms with Crippen LogP contribution in [0.4, 0.5) is 4.79 Å². The molecule has 736 valence electrons. The number of aliphatic carboxylic acids is 4. The number of carboxylic acid groups (broad SMARTS) is 4. The highest BCUT2D eigenvalue weighted by atomic mass is 16.6. The molecule has 28 nitrogen and oxygen atoms in total. The van der Waals surface area contributed by atoms with Gasteiger partial charge in [-0.05, 0) is 313 Å². The van der Waals surface area contributed by atoms with Crippen LogP contribution < -0.4 is 40.2 Å². The molecule has 4 fully saturated rings. The zero-order valence-corrected chi connectivity index (χ0v) is 79.4. The quantitative estimate of drug-likeness (QED) is 0.0183. The van der Waals surface area contributed by atoms with Crippen LogP contribution in [-0.2, 0) is 89.7 Å². The van der Waals surface area contributed by atoms with Crippen LogP contribution in [0.2, 0.25) is 0 Å². The van der Waals surface area contributed by atoms with Crippen LogP contribution in [0.1, 0.15) is 273 Å². The Hall–Kier alpha value is -8.64. The molecule has 0 aliphatic heterocycles. The average molecular weight is 1850 g/mol. The van der Waals surface area contributed by atoms with Crippen LogP contribution in [0.5, 0.6) is 23.0 Å². The molecule has 8 aliphatic rings. The van der Waals surface area contributed by atoms with Gasteiger partial charge in [0.2, 0.25) is 0 Å². The Labute approximate surface area is 781 Å². The Bertz CT molecular complexity index is 4290. The predicted molar refractivity (Wildman–Crippen MR) is 501 cm³/mol. The summed E-state index contributed by atoms with van der Waals surface area (Å²) >= 11 is 0. The average Bonchev–Trinajstić information content (AvgIpc) is 1.62. The van der Waals surface area contributed by atoms with Crippen LogP contribution in [0, 0.1) is 76.9 Å². The number of rotatable bonds is 48. The highest BCUT2D eigenvalue weighted by molar-refractivity contribution is 5.85. The maximum atomic E-state index is 12.3. The van der Waals surface area contributed by atoms with E-state index in [2.05, 4.69) is 73.2 Å². The van der Waals surface area contributed by atoms with E-state index in [4.69, 9.17) is 39.0 Å². The first-order valence-electron chi connectivity index (χ1n) is 49.7. The number of benzene rings is 4. The molecule has 22 atom stereocenters. The summed E-state index contributed by atoms with van der Waals surface area (Å²) in [7, 11) is 1.57. The molecule has 8 aliphatic carbocycles. The van der Waals surface area contributed by atoms with Gasteiger partial charge in [0.05, 0.1) is 42.7 Å². The predicted octanol–water partition coefficient (Wildman–Crippen LogP) is 13.5. The maximum Gasteiger partial charge on any atom is 0.407 e. The van der Waals surface area contributed by atoms with E-state index in [0.29, 0.717) is 70.3 Å². The summed E-state index contributed by atoms with van der Waals surface area (Å²) in [5.41, 5.74) is 9.12. The lowest BCUT2D eigenvalue weighted by molar-refractivity contribution is -0.143. The largest absolute Gasteiger partial charge is 0.483 e. The lowest BCUT2D eigenvalue weighted by Gasteiger charge is -2.32. The molecule has 0 bridgehead atoms.